The lowest BCUT2D eigenvalue weighted by Gasteiger charge is -2.53. The number of fused-ring (bicyclic) bond motifs is 2. The number of hydrogen-bond acceptors (Lipinski definition) is 4. The van der Waals surface area contributed by atoms with Crippen molar-refractivity contribution in [2.45, 2.75) is 51.7 Å². The van der Waals surface area contributed by atoms with Gasteiger partial charge in [-0.1, -0.05) is 6.92 Å². The van der Waals surface area contributed by atoms with Crippen LogP contribution in [-0.4, -0.2) is 27.7 Å². The van der Waals surface area contributed by atoms with Crippen LogP contribution in [0.5, 0.6) is 0 Å². The van der Waals surface area contributed by atoms with Crippen LogP contribution in [0.2, 0.25) is 0 Å². The molecule has 0 aromatic carbocycles. The molecule has 2 aliphatic carbocycles. The molecule has 0 amide bonds. The van der Waals surface area contributed by atoms with Gasteiger partial charge in [0.05, 0.1) is 29.4 Å². The second kappa shape index (κ2) is 3.70. The van der Waals surface area contributed by atoms with Crippen molar-refractivity contribution >= 4 is 5.78 Å². The largest absolute Gasteiger partial charge is 0.468 e. The minimum atomic E-state index is -1.06. The van der Waals surface area contributed by atoms with Crippen LogP contribution in [-0.2, 0) is 6.42 Å². The minimum absolute atomic E-state index is 0.0845. The SMILES string of the molecule is Cc1coc2c1C(=O)[C@@H]1[C@@](C)(C2)[C@H](O)CC[C@]1(C)O. The number of carbonyl (C=O) groups excluding carboxylic acids is 1. The highest BCUT2D eigenvalue weighted by molar-refractivity contribution is 6.02. The van der Waals surface area contributed by atoms with Crippen molar-refractivity contribution in [2.75, 3.05) is 0 Å². The third-order valence-electron chi connectivity index (χ3n) is 5.07. The van der Waals surface area contributed by atoms with Gasteiger partial charge < -0.3 is 14.6 Å². The summed E-state index contributed by atoms with van der Waals surface area (Å²) < 4.78 is 5.47. The topological polar surface area (TPSA) is 70.7 Å². The monoisotopic (exact) mass is 264 g/mol. The van der Waals surface area contributed by atoms with Crippen LogP contribution in [0.25, 0.3) is 0 Å². The van der Waals surface area contributed by atoms with Crippen LogP contribution >= 0.6 is 0 Å². The maximum atomic E-state index is 12.8. The van der Waals surface area contributed by atoms with Crippen molar-refractivity contribution in [3.63, 3.8) is 0 Å². The number of rotatable bonds is 0. The van der Waals surface area contributed by atoms with E-state index >= 15 is 0 Å². The number of hydrogen-bond donors (Lipinski definition) is 2. The molecule has 104 valence electrons. The summed E-state index contributed by atoms with van der Waals surface area (Å²) in [6.45, 7) is 5.44. The van der Waals surface area contributed by atoms with Gasteiger partial charge in [0.1, 0.15) is 5.76 Å². The smallest absolute Gasteiger partial charge is 0.173 e. The Kier molecular flexibility index (Phi) is 2.51. The Bertz CT molecular complexity index is 542. The minimum Gasteiger partial charge on any atom is -0.468 e. The number of carbonyl (C=O) groups is 1. The van der Waals surface area contributed by atoms with Crippen molar-refractivity contribution in [1.29, 1.82) is 0 Å². The summed E-state index contributed by atoms with van der Waals surface area (Å²) in [5, 5.41) is 21.0. The van der Waals surface area contributed by atoms with Crippen molar-refractivity contribution in [1.82, 2.24) is 0 Å². The zero-order valence-electron chi connectivity index (χ0n) is 11.6. The molecule has 2 N–H and O–H groups in total. The fourth-order valence-electron chi connectivity index (χ4n) is 4.06. The van der Waals surface area contributed by atoms with Crippen molar-refractivity contribution in [3.05, 3.63) is 23.2 Å². The summed E-state index contributed by atoms with van der Waals surface area (Å²) in [7, 11) is 0. The molecular formula is C15H20O4. The predicted octanol–water partition coefficient (Wildman–Crippen LogP) is 1.86. The lowest BCUT2D eigenvalue weighted by Crippen LogP contribution is -2.60. The maximum absolute atomic E-state index is 12.8. The van der Waals surface area contributed by atoms with Crippen LogP contribution in [0.3, 0.4) is 0 Å². The highest BCUT2D eigenvalue weighted by Gasteiger charge is 2.59. The third-order valence-corrected chi connectivity index (χ3v) is 5.07. The fraction of sp³-hybridized carbons (Fsp3) is 0.667. The van der Waals surface area contributed by atoms with Crippen LogP contribution in [0.15, 0.2) is 10.7 Å². The first kappa shape index (κ1) is 12.9. The van der Waals surface area contributed by atoms with E-state index in [0.29, 0.717) is 30.6 Å². The van der Waals surface area contributed by atoms with Gasteiger partial charge in [-0.3, -0.25) is 4.79 Å². The van der Waals surface area contributed by atoms with E-state index in [9.17, 15) is 15.0 Å². The van der Waals surface area contributed by atoms with Gasteiger partial charge in [-0.15, -0.1) is 0 Å². The summed E-state index contributed by atoms with van der Waals surface area (Å²) in [4.78, 5) is 12.8. The van der Waals surface area contributed by atoms with Gasteiger partial charge in [0.2, 0.25) is 0 Å². The van der Waals surface area contributed by atoms with Gasteiger partial charge in [-0.05, 0) is 32.3 Å². The Morgan fingerprint density at radius 1 is 1.42 bits per heavy atom. The van der Waals surface area contributed by atoms with Gasteiger partial charge in [0.25, 0.3) is 0 Å². The summed E-state index contributed by atoms with van der Waals surface area (Å²) >= 11 is 0. The van der Waals surface area contributed by atoms with Crippen LogP contribution in [0.4, 0.5) is 0 Å². The molecule has 3 rings (SSSR count). The quantitative estimate of drug-likeness (QED) is 0.750. The predicted molar refractivity (Wildman–Crippen MR) is 68.9 cm³/mol. The molecule has 0 unspecified atom stereocenters. The van der Waals surface area contributed by atoms with Gasteiger partial charge in [-0.25, -0.2) is 0 Å². The molecule has 0 aliphatic heterocycles. The van der Waals surface area contributed by atoms with E-state index < -0.39 is 23.0 Å². The number of ketones is 1. The molecule has 0 saturated heterocycles. The number of aliphatic hydroxyl groups is 2. The Labute approximate surface area is 112 Å². The van der Waals surface area contributed by atoms with Gasteiger partial charge in [0, 0.05) is 11.8 Å². The lowest BCUT2D eigenvalue weighted by molar-refractivity contribution is -0.136. The zero-order valence-corrected chi connectivity index (χ0v) is 11.6. The third kappa shape index (κ3) is 1.56. The summed E-state index contributed by atoms with van der Waals surface area (Å²) in [5.41, 5.74) is -0.280. The first-order chi connectivity index (χ1) is 8.77. The molecule has 2 aliphatic rings. The number of furan rings is 1. The van der Waals surface area contributed by atoms with Crippen LogP contribution in [0.1, 0.15) is 48.4 Å². The first-order valence-electron chi connectivity index (χ1n) is 6.79. The summed E-state index contributed by atoms with van der Waals surface area (Å²) in [5.74, 6) is 0.00398. The van der Waals surface area contributed by atoms with Crippen LogP contribution in [0, 0.1) is 18.3 Å². The van der Waals surface area contributed by atoms with E-state index in [1.807, 2.05) is 13.8 Å². The molecule has 1 aromatic heterocycles. The normalized spacial score (nSPS) is 41.8. The van der Waals surface area contributed by atoms with E-state index in [1.165, 1.54) is 0 Å². The second-order valence-corrected chi connectivity index (χ2v) is 6.61. The van der Waals surface area contributed by atoms with E-state index in [1.54, 1.807) is 13.2 Å². The molecule has 1 fully saturated rings. The molecule has 0 radical (unpaired) electrons. The lowest BCUT2D eigenvalue weighted by atomic mass is 9.53. The van der Waals surface area contributed by atoms with E-state index in [4.69, 9.17) is 4.42 Å². The zero-order chi connectivity index (χ0) is 14.0. The average Bonchev–Trinajstić information content (AvgIpc) is 2.65. The molecule has 4 nitrogen and oxygen atoms in total. The van der Waals surface area contributed by atoms with E-state index in [-0.39, 0.29) is 5.78 Å². The van der Waals surface area contributed by atoms with Crippen LogP contribution < -0.4 is 0 Å². The van der Waals surface area contributed by atoms with Gasteiger partial charge in [0.15, 0.2) is 5.78 Å². The van der Waals surface area contributed by atoms with Crippen molar-refractivity contribution in [3.8, 4) is 0 Å². The molecule has 1 aromatic rings. The highest BCUT2D eigenvalue weighted by atomic mass is 16.3. The molecule has 1 saturated carbocycles. The molecule has 4 heteroatoms. The Balaban J connectivity index is 2.18. The number of aryl methyl sites for hydroxylation is 1. The van der Waals surface area contributed by atoms with Gasteiger partial charge in [-0.2, -0.15) is 0 Å². The molecule has 19 heavy (non-hydrogen) atoms. The molecule has 0 spiro atoms. The first-order valence-corrected chi connectivity index (χ1v) is 6.79. The number of Topliss-reactive ketones (excluding diaryl/α,β-unsaturated/α-hetero) is 1. The molecular weight excluding hydrogens is 244 g/mol. The molecule has 4 atom stereocenters. The number of aliphatic hydroxyl groups excluding tert-OH is 1. The van der Waals surface area contributed by atoms with Gasteiger partial charge >= 0.3 is 0 Å². The molecule has 0 bridgehead atoms. The highest BCUT2D eigenvalue weighted by Crippen LogP contribution is 2.53. The average molecular weight is 264 g/mol. The fourth-order valence-corrected chi connectivity index (χ4v) is 4.06. The standard InChI is InChI=1S/C15H20O4/c1-8-7-19-9-6-14(2)10(16)4-5-15(3,18)13(14)12(17)11(8)9/h7,10,13,16,18H,4-6H2,1-3H3/t10-,13-,14+,15+/m1/s1. The Hall–Kier alpha value is -1.13. The summed E-state index contributed by atoms with van der Waals surface area (Å²) in [6, 6.07) is 0. The van der Waals surface area contributed by atoms with E-state index in [0.717, 1.165) is 5.56 Å². The molecule has 1 heterocycles. The Morgan fingerprint density at radius 3 is 2.79 bits per heavy atom. The van der Waals surface area contributed by atoms with E-state index in [2.05, 4.69) is 0 Å². The van der Waals surface area contributed by atoms with Crippen molar-refractivity contribution in [2.24, 2.45) is 11.3 Å². The Morgan fingerprint density at radius 2 is 2.11 bits per heavy atom. The second-order valence-electron chi connectivity index (χ2n) is 6.61. The summed E-state index contributed by atoms with van der Waals surface area (Å²) in [6.07, 6.45) is 2.48. The van der Waals surface area contributed by atoms with Crippen molar-refractivity contribution < 1.29 is 19.4 Å². The maximum Gasteiger partial charge on any atom is 0.173 e.